The number of carbonyl (C=O) groups is 3. The summed E-state index contributed by atoms with van der Waals surface area (Å²) in [5.74, 6) is -0.525. The van der Waals surface area contributed by atoms with Gasteiger partial charge in [0.25, 0.3) is 0 Å². The molecule has 2 aliphatic rings. The molecule has 0 spiro atoms. The van der Waals surface area contributed by atoms with Gasteiger partial charge in [-0.1, -0.05) is 38.2 Å². The van der Waals surface area contributed by atoms with Gasteiger partial charge in [0.15, 0.2) is 0 Å². The maximum absolute atomic E-state index is 12.3. The lowest BCUT2D eigenvalue weighted by atomic mass is 9.95. The first-order valence-corrected chi connectivity index (χ1v) is 11.8. The van der Waals surface area contributed by atoms with Crippen molar-refractivity contribution in [3.8, 4) is 0 Å². The second-order valence-electron chi connectivity index (χ2n) is 8.73. The van der Waals surface area contributed by atoms with Crippen molar-refractivity contribution in [1.29, 1.82) is 0 Å². The van der Waals surface area contributed by atoms with Crippen molar-refractivity contribution in [3.63, 3.8) is 0 Å². The quantitative estimate of drug-likeness (QED) is 0.318. The molecule has 0 aromatic heterocycles. The van der Waals surface area contributed by atoms with Gasteiger partial charge in [0.05, 0.1) is 0 Å². The van der Waals surface area contributed by atoms with Crippen LogP contribution in [0.1, 0.15) is 77.0 Å². The molecular formula is C24H36N4O3. The van der Waals surface area contributed by atoms with Crippen LogP contribution in [0.2, 0.25) is 0 Å². The van der Waals surface area contributed by atoms with Crippen molar-refractivity contribution in [1.82, 2.24) is 10.6 Å². The van der Waals surface area contributed by atoms with Crippen molar-refractivity contribution in [2.75, 3.05) is 17.2 Å². The zero-order chi connectivity index (χ0) is 21.9. The minimum absolute atomic E-state index is 0.0125. The molecule has 1 aromatic rings. The van der Waals surface area contributed by atoms with Gasteiger partial charge >= 0.3 is 0 Å². The molecule has 1 saturated carbocycles. The van der Waals surface area contributed by atoms with Crippen molar-refractivity contribution >= 4 is 29.1 Å². The minimum atomic E-state index is -0.434. The third-order valence-electron chi connectivity index (χ3n) is 6.10. The molecular weight excluding hydrogens is 392 g/mol. The van der Waals surface area contributed by atoms with Crippen LogP contribution in [0.5, 0.6) is 0 Å². The van der Waals surface area contributed by atoms with E-state index in [0.717, 1.165) is 37.5 Å². The molecule has 0 bridgehead atoms. The fourth-order valence-electron chi connectivity index (χ4n) is 4.32. The van der Waals surface area contributed by atoms with E-state index in [2.05, 4.69) is 21.3 Å². The van der Waals surface area contributed by atoms with E-state index in [1.54, 1.807) is 0 Å². The van der Waals surface area contributed by atoms with Crippen molar-refractivity contribution < 1.29 is 14.4 Å². The number of unbranched alkanes of at least 4 members (excludes halogenated alkanes) is 3. The number of benzene rings is 1. The van der Waals surface area contributed by atoms with Crippen LogP contribution in [-0.4, -0.2) is 36.3 Å². The molecule has 7 heteroatoms. The summed E-state index contributed by atoms with van der Waals surface area (Å²) in [6, 6.07) is 7.63. The van der Waals surface area contributed by atoms with Gasteiger partial charge in [-0.2, -0.15) is 0 Å². The summed E-state index contributed by atoms with van der Waals surface area (Å²) in [7, 11) is 0. The zero-order valence-corrected chi connectivity index (χ0v) is 18.4. The molecule has 4 N–H and O–H groups in total. The van der Waals surface area contributed by atoms with Gasteiger partial charge in [0, 0.05) is 30.3 Å². The molecule has 3 rings (SSSR count). The number of rotatable bonds is 11. The molecule has 1 unspecified atom stereocenters. The first-order chi connectivity index (χ1) is 15.1. The van der Waals surface area contributed by atoms with Gasteiger partial charge in [0.2, 0.25) is 17.7 Å². The third-order valence-corrected chi connectivity index (χ3v) is 6.10. The van der Waals surface area contributed by atoms with Crippen molar-refractivity contribution in [2.24, 2.45) is 0 Å². The Kier molecular flexibility index (Phi) is 9.34. The van der Waals surface area contributed by atoms with E-state index in [-0.39, 0.29) is 17.7 Å². The summed E-state index contributed by atoms with van der Waals surface area (Å²) in [6.45, 7) is 1.09. The third kappa shape index (κ3) is 8.32. The molecule has 2 fully saturated rings. The SMILES string of the molecule is O=C1CCC(Nc2cccc(NC(=O)CCCCCCNC3CCCCC3)c2)C(=O)N1. The number of amides is 3. The van der Waals surface area contributed by atoms with Crippen LogP contribution >= 0.6 is 0 Å². The smallest absolute Gasteiger partial charge is 0.249 e. The highest BCUT2D eigenvalue weighted by atomic mass is 16.2. The Hall–Kier alpha value is -2.41. The Morgan fingerprint density at radius 2 is 1.74 bits per heavy atom. The minimum Gasteiger partial charge on any atom is -0.374 e. The van der Waals surface area contributed by atoms with Crippen LogP contribution in [0.25, 0.3) is 0 Å². The number of imide groups is 1. The first kappa shape index (κ1) is 23.3. The van der Waals surface area contributed by atoms with Crippen LogP contribution < -0.4 is 21.3 Å². The van der Waals surface area contributed by atoms with Crippen LogP contribution in [0, 0.1) is 0 Å². The Labute approximate surface area is 185 Å². The monoisotopic (exact) mass is 428 g/mol. The van der Waals surface area contributed by atoms with Crippen LogP contribution in [0.15, 0.2) is 24.3 Å². The predicted molar refractivity (Wildman–Crippen MR) is 123 cm³/mol. The fraction of sp³-hybridized carbons (Fsp3) is 0.625. The van der Waals surface area contributed by atoms with Gasteiger partial charge in [-0.3, -0.25) is 19.7 Å². The lowest BCUT2D eigenvalue weighted by Crippen LogP contribution is -2.47. The lowest BCUT2D eigenvalue weighted by Gasteiger charge is -2.23. The average Bonchev–Trinajstić information content (AvgIpc) is 2.76. The maximum atomic E-state index is 12.3. The van der Waals surface area contributed by atoms with E-state index in [1.807, 2.05) is 24.3 Å². The normalized spacial score (nSPS) is 19.7. The number of nitrogens with one attached hydrogen (secondary N) is 4. The maximum Gasteiger partial charge on any atom is 0.249 e. The second kappa shape index (κ2) is 12.4. The molecule has 3 amide bonds. The molecule has 31 heavy (non-hydrogen) atoms. The summed E-state index contributed by atoms with van der Waals surface area (Å²) >= 11 is 0. The van der Waals surface area contributed by atoms with Crippen LogP contribution in [0.3, 0.4) is 0 Å². The molecule has 1 heterocycles. The van der Waals surface area contributed by atoms with E-state index in [0.29, 0.717) is 24.9 Å². The van der Waals surface area contributed by atoms with Gasteiger partial charge < -0.3 is 16.0 Å². The summed E-state index contributed by atoms with van der Waals surface area (Å²) in [5, 5.41) is 12.1. The van der Waals surface area contributed by atoms with Crippen molar-refractivity contribution in [3.05, 3.63) is 24.3 Å². The average molecular weight is 429 g/mol. The molecule has 1 aromatic carbocycles. The highest BCUT2D eigenvalue weighted by Crippen LogP contribution is 2.19. The van der Waals surface area contributed by atoms with Crippen LogP contribution in [0.4, 0.5) is 11.4 Å². The number of hydrogen-bond donors (Lipinski definition) is 4. The van der Waals surface area contributed by atoms with Gasteiger partial charge in [-0.25, -0.2) is 0 Å². The summed E-state index contributed by atoms with van der Waals surface area (Å²) in [4.78, 5) is 35.4. The molecule has 0 radical (unpaired) electrons. The predicted octanol–water partition coefficient (Wildman–Crippen LogP) is 3.72. The summed E-state index contributed by atoms with van der Waals surface area (Å²) in [5.41, 5.74) is 1.46. The lowest BCUT2D eigenvalue weighted by molar-refractivity contribution is -0.133. The topological polar surface area (TPSA) is 99.3 Å². The standard InChI is InChI=1S/C24H36N4O3/c29-22(13-6-1-2-7-16-25-18-9-4-3-5-10-18)27-20-12-8-11-19(17-20)26-21-14-15-23(30)28-24(21)31/h8,11-12,17-18,21,25-26H,1-7,9-10,13-16H2,(H,27,29)(H,28,30,31). The first-order valence-electron chi connectivity index (χ1n) is 11.8. The van der Waals surface area contributed by atoms with Gasteiger partial charge in [-0.05, 0) is 56.8 Å². The van der Waals surface area contributed by atoms with E-state index >= 15 is 0 Å². The highest BCUT2D eigenvalue weighted by Gasteiger charge is 2.26. The Morgan fingerprint density at radius 3 is 2.55 bits per heavy atom. The van der Waals surface area contributed by atoms with Crippen molar-refractivity contribution in [2.45, 2.75) is 89.1 Å². The largest absolute Gasteiger partial charge is 0.374 e. The highest BCUT2D eigenvalue weighted by molar-refractivity contribution is 6.01. The second-order valence-corrected chi connectivity index (χ2v) is 8.73. The molecule has 1 aliphatic heterocycles. The summed E-state index contributed by atoms with van der Waals surface area (Å²) in [6.07, 6.45) is 12.4. The molecule has 1 aliphatic carbocycles. The van der Waals surface area contributed by atoms with E-state index in [9.17, 15) is 14.4 Å². The van der Waals surface area contributed by atoms with Crippen LogP contribution in [-0.2, 0) is 14.4 Å². The van der Waals surface area contributed by atoms with Gasteiger partial charge in [0.1, 0.15) is 6.04 Å². The summed E-state index contributed by atoms with van der Waals surface area (Å²) < 4.78 is 0. The number of hydrogen-bond acceptors (Lipinski definition) is 5. The van der Waals surface area contributed by atoms with E-state index in [1.165, 1.54) is 38.5 Å². The molecule has 170 valence electrons. The molecule has 1 saturated heterocycles. The fourth-order valence-corrected chi connectivity index (χ4v) is 4.32. The number of carbonyl (C=O) groups excluding carboxylic acids is 3. The number of anilines is 2. The Balaban J connectivity index is 1.29. The molecule has 1 atom stereocenters. The Morgan fingerprint density at radius 1 is 0.968 bits per heavy atom. The van der Waals surface area contributed by atoms with E-state index in [4.69, 9.17) is 0 Å². The zero-order valence-electron chi connectivity index (χ0n) is 18.4. The number of piperidine rings is 1. The Bertz CT molecular complexity index is 746. The van der Waals surface area contributed by atoms with E-state index < -0.39 is 6.04 Å². The van der Waals surface area contributed by atoms with Gasteiger partial charge in [-0.15, -0.1) is 0 Å². The molecule has 7 nitrogen and oxygen atoms in total.